The first-order valence-electron chi connectivity index (χ1n) is 4.43. The summed E-state index contributed by atoms with van der Waals surface area (Å²) in [6.45, 7) is 3.64. The van der Waals surface area contributed by atoms with E-state index in [1.807, 2.05) is 6.92 Å². The third kappa shape index (κ3) is 3.33. The average molecular weight is 218 g/mol. The summed E-state index contributed by atoms with van der Waals surface area (Å²) in [5.41, 5.74) is 0. The van der Waals surface area contributed by atoms with Gasteiger partial charge in [0.25, 0.3) is 5.95 Å². The van der Waals surface area contributed by atoms with Crippen molar-refractivity contribution in [2.75, 3.05) is 10.5 Å². The van der Waals surface area contributed by atoms with Crippen LogP contribution in [-0.4, -0.2) is 29.4 Å². The smallest absolute Gasteiger partial charge is 0.255 e. The zero-order valence-corrected chi connectivity index (χ0v) is 9.06. The third-order valence-electron chi connectivity index (χ3n) is 1.61. The van der Waals surface area contributed by atoms with Crippen molar-refractivity contribution in [3.63, 3.8) is 0 Å². The average Bonchev–Trinajstić information content (AvgIpc) is 2.47. The van der Waals surface area contributed by atoms with Crippen LogP contribution in [0.5, 0.6) is 0 Å². The number of unbranched alkanes of at least 4 members (excludes halogenated alkanes) is 1. The molecule has 2 N–H and O–H groups in total. The molecular formula is C7H14N4O2S. The SMILES string of the molecule is CCCCS(=O)(=O)Nc1n[nH]c(C)n1. The molecule has 1 rings (SSSR count). The molecule has 7 heteroatoms. The van der Waals surface area contributed by atoms with E-state index in [2.05, 4.69) is 19.9 Å². The van der Waals surface area contributed by atoms with Crippen LogP contribution in [0.4, 0.5) is 5.95 Å². The van der Waals surface area contributed by atoms with E-state index in [4.69, 9.17) is 0 Å². The summed E-state index contributed by atoms with van der Waals surface area (Å²) in [4.78, 5) is 3.85. The zero-order chi connectivity index (χ0) is 10.6. The van der Waals surface area contributed by atoms with Crippen LogP contribution in [0, 0.1) is 6.92 Å². The molecule has 6 nitrogen and oxygen atoms in total. The summed E-state index contributed by atoms with van der Waals surface area (Å²) in [5, 5.41) is 6.24. The number of nitrogens with one attached hydrogen (secondary N) is 2. The highest BCUT2D eigenvalue weighted by Gasteiger charge is 2.11. The molecule has 0 aromatic carbocycles. The molecule has 1 aromatic heterocycles. The van der Waals surface area contributed by atoms with Gasteiger partial charge in [-0.25, -0.2) is 13.1 Å². The summed E-state index contributed by atoms with van der Waals surface area (Å²) >= 11 is 0. The molecule has 0 aliphatic carbocycles. The van der Waals surface area contributed by atoms with Gasteiger partial charge in [-0.2, -0.15) is 4.98 Å². The fraction of sp³-hybridized carbons (Fsp3) is 0.714. The Bertz CT molecular complexity index is 384. The highest BCUT2D eigenvalue weighted by molar-refractivity contribution is 7.92. The summed E-state index contributed by atoms with van der Waals surface area (Å²) in [7, 11) is -3.28. The molecule has 0 atom stereocenters. The second-order valence-corrected chi connectivity index (χ2v) is 4.86. The van der Waals surface area contributed by atoms with Gasteiger partial charge in [-0.15, -0.1) is 5.10 Å². The number of aromatic nitrogens is 3. The monoisotopic (exact) mass is 218 g/mol. The maximum Gasteiger partial charge on any atom is 0.255 e. The molecule has 0 unspecified atom stereocenters. The number of hydrogen-bond donors (Lipinski definition) is 2. The Hall–Kier alpha value is -1.11. The Balaban J connectivity index is 2.59. The molecule has 80 valence electrons. The quantitative estimate of drug-likeness (QED) is 0.759. The standard InChI is InChI=1S/C7H14N4O2S/c1-3-4-5-14(12,13)11-7-8-6(2)9-10-7/h3-5H2,1-2H3,(H2,8,9,10,11). The molecule has 0 bridgehead atoms. The lowest BCUT2D eigenvalue weighted by molar-refractivity contribution is 0.597. The number of aromatic amines is 1. The lowest BCUT2D eigenvalue weighted by Gasteiger charge is -2.02. The van der Waals surface area contributed by atoms with Gasteiger partial charge in [0.05, 0.1) is 5.75 Å². The van der Waals surface area contributed by atoms with Crippen LogP contribution in [-0.2, 0) is 10.0 Å². The van der Waals surface area contributed by atoms with Crippen LogP contribution in [0.3, 0.4) is 0 Å². The van der Waals surface area contributed by atoms with Crippen LogP contribution < -0.4 is 4.72 Å². The Labute approximate surface area is 83.2 Å². The van der Waals surface area contributed by atoms with Gasteiger partial charge in [-0.3, -0.25) is 5.10 Å². The molecule has 14 heavy (non-hydrogen) atoms. The second kappa shape index (κ2) is 4.41. The molecular weight excluding hydrogens is 204 g/mol. The van der Waals surface area contributed by atoms with Crippen molar-refractivity contribution in [3.05, 3.63) is 5.82 Å². The first-order valence-corrected chi connectivity index (χ1v) is 6.08. The van der Waals surface area contributed by atoms with Crippen LogP contribution in [0.15, 0.2) is 0 Å². The van der Waals surface area contributed by atoms with Crippen molar-refractivity contribution < 1.29 is 8.42 Å². The maximum atomic E-state index is 11.4. The number of hydrogen-bond acceptors (Lipinski definition) is 4. The van der Waals surface area contributed by atoms with Gasteiger partial charge in [-0.1, -0.05) is 13.3 Å². The van der Waals surface area contributed by atoms with E-state index in [0.29, 0.717) is 12.2 Å². The Morgan fingerprint density at radius 1 is 1.50 bits per heavy atom. The van der Waals surface area contributed by atoms with Crippen LogP contribution >= 0.6 is 0 Å². The van der Waals surface area contributed by atoms with Crippen molar-refractivity contribution in [2.45, 2.75) is 26.7 Å². The van der Waals surface area contributed by atoms with E-state index < -0.39 is 10.0 Å². The highest BCUT2D eigenvalue weighted by atomic mass is 32.2. The molecule has 0 aliphatic rings. The van der Waals surface area contributed by atoms with Crippen molar-refractivity contribution in [3.8, 4) is 0 Å². The summed E-state index contributed by atoms with van der Waals surface area (Å²) in [6, 6.07) is 0. The van der Waals surface area contributed by atoms with Crippen LogP contribution in [0.2, 0.25) is 0 Å². The summed E-state index contributed by atoms with van der Waals surface area (Å²) in [5.74, 6) is 0.800. The second-order valence-electron chi connectivity index (χ2n) is 3.02. The largest absolute Gasteiger partial charge is 0.261 e. The third-order valence-corrected chi connectivity index (χ3v) is 2.93. The number of H-pyrrole nitrogens is 1. The van der Waals surface area contributed by atoms with E-state index in [1.165, 1.54) is 0 Å². The maximum absolute atomic E-state index is 11.4. The highest BCUT2D eigenvalue weighted by Crippen LogP contribution is 2.03. The van der Waals surface area contributed by atoms with Crippen LogP contribution in [0.25, 0.3) is 0 Å². The molecule has 0 radical (unpaired) electrons. The minimum atomic E-state index is -3.28. The van der Waals surface area contributed by atoms with Gasteiger partial charge in [0, 0.05) is 0 Å². The zero-order valence-electron chi connectivity index (χ0n) is 8.24. The topological polar surface area (TPSA) is 87.7 Å². The number of anilines is 1. The van der Waals surface area contributed by atoms with Gasteiger partial charge in [0.1, 0.15) is 5.82 Å². The van der Waals surface area contributed by atoms with Crippen LogP contribution in [0.1, 0.15) is 25.6 Å². The van der Waals surface area contributed by atoms with E-state index in [-0.39, 0.29) is 11.7 Å². The fourth-order valence-electron chi connectivity index (χ4n) is 0.913. The van der Waals surface area contributed by atoms with Gasteiger partial charge >= 0.3 is 0 Å². The summed E-state index contributed by atoms with van der Waals surface area (Å²) in [6.07, 6.45) is 1.48. The van der Waals surface area contributed by atoms with E-state index >= 15 is 0 Å². The van der Waals surface area contributed by atoms with E-state index in [1.54, 1.807) is 6.92 Å². The first-order chi connectivity index (χ1) is 6.53. The predicted molar refractivity (Wildman–Crippen MR) is 53.4 cm³/mol. The number of aryl methyl sites for hydroxylation is 1. The lowest BCUT2D eigenvalue weighted by Crippen LogP contribution is -2.17. The molecule has 0 fully saturated rings. The number of nitrogens with zero attached hydrogens (tertiary/aromatic N) is 2. The Kier molecular flexibility index (Phi) is 3.45. The van der Waals surface area contributed by atoms with Crippen molar-refractivity contribution in [1.29, 1.82) is 0 Å². The van der Waals surface area contributed by atoms with Crippen molar-refractivity contribution in [1.82, 2.24) is 15.2 Å². The minimum absolute atomic E-state index is 0.108. The Morgan fingerprint density at radius 2 is 2.21 bits per heavy atom. The minimum Gasteiger partial charge on any atom is -0.261 e. The molecule has 0 amide bonds. The van der Waals surface area contributed by atoms with E-state index in [0.717, 1.165) is 6.42 Å². The summed E-state index contributed by atoms with van der Waals surface area (Å²) < 4.78 is 25.0. The normalized spacial score (nSPS) is 11.6. The lowest BCUT2D eigenvalue weighted by atomic mass is 10.4. The van der Waals surface area contributed by atoms with Gasteiger partial charge in [0.15, 0.2) is 0 Å². The molecule has 1 aromatic rings. The number of rotatable bonds is 5. The first kappa shape index (κ1) is 11.0. The predicted octanol–water partition coefficient (Wildman–Crippen LogP) is 0.655. The van der Waals surface area contributed by atoms with Gasteiger partial charge in [-0.05, 0) is 13.3 Å². The molecule has 0 aliphatic heterocycles. The van der Waals surface area contributed by atoms with Crippen molar-refractivity contribution in [2.24, 2.45) is 0 Å². The molecule has 0 spiro atoms. The molecule has 0 saturated carbocycles. The Morgan fingerprint density at radius 3 is 2.71 bits per heavy atom. The van der Waals surface area contributed by atoms with E-state index in [9.17, 15) is 8.42 Å². The fourth-order valence-corrected chi connectivity index (χ4v) is 2.05. The number of sulfonamides is 1. The van der Waals surface area contributed by atoms with Gasteiger partial charge in [0.2, 0.25) is 10.0 Å². The molecule has 1 heterocycles. The molecule has 0 saturated heterocycles. The van der Waals surface area contributed by atoms with Gasteiger partial charge < -0.3 is 0 Å². The van der Waals surface area contributed by atoms with Crippen molar-refractivity contribution >= 4 is 16.0 Å².